The van der Waals surface area contributed by atoms with Crippen LogP contribution in [0.2, 0.25) is 0 Å². The normalized spacial score (nSPS) is 12.8. The maximum atomic E-state index is 9.42. The molecule has 3 N–H and O–H groups in total. The average Bonchev–Trinajstić information content (AvgIpc) is 2.10. The first-order valence-corrected chi connectivity index (χ1v) is 4.19. The summed E-state index contributed by atoms with van der Waals surface area (Å²) in [5.41, 5.74) is 7.54. The molecule has 72 valence electrons. The summed E-state index contributed by atoms with van der Waals surface area (Å²) in [6.45, 7) is 2.31. The molecular formula is C10H15NO2. The summed E-state index contributed by atoms with van der Waals surface area (Å²) in [6, 6.07) is 5.26. The number of aryl methyl sites for hydroxylation is 1. The lowest BCUT2D eigenvalue weighted by molar-refractivity contribution is 0.181. The average molecular weight is 181 g/mol. The highest BCUT2D eigenvalue weighted by atomic mass is 16.5. The topological polar surface area (TPSA) is 55.5 Å². The van der Waals surface area contributed by atoms with Crippen LogP contribution in [0.4, 0.5) is 0 Å². The first-order chi connectivity index (χ1) is 6.15. The van der Waals surface area contributed by atoms with Crippen molar-refractivity contribution in [3.8, 4) is 5.75 Å². The fourth-order valence-electron chi connectivity index (χ4n) is 1.13. The molecule has 0 bridgehead atoms. The van der Waals surface area contributed by atoms with E-state index in [0.717, 1.165) is 11.1 Å². The number of ether oxygens (including phenoxy) is 1. The Hall–Kier alpha value is -1.06. The van der Waals surface area contributed by atoms with Crippen LogP contribution in [0.1, 0.15) is 17.2 Å². The molecule has 0 aromatic heterocycles. The van der Waals surface area contributed by atoms with Crippen molar-refractivity contribution >= 4 is 0 Å². The molecule has 0 heterocycles. The summed E-state index contributed by atoms with van der Waals surface area (Å²) in [7, 11) is 1.61. The largest absolute Gasteiger partial charge is 0.508 e. The van der Waals surface area contributed by atoms with Crippen molar-refractivity contribution in [1.82, 2.24) is 0 Å². The summed E-state index contributed by atoms with van der Waals surface area (Å²) in [5, 5.41) is 9.42. The van der Waals surface area contributed by atoms with Gasteiger partial charge in [0, 0.05) is 7.11 Å². The second kappa shape index (κ2) is 4.25. The highest BCUT2D eigenvalue weighted by Crippen LogP contribution is 2.20. The Labute approximate surface area is 78.1 Å². The molecule has 3 nitrogen and oxygen atoms in total. The highest BCUT2D eigenvalue weighted by molar-refractivity contribution is 5.36. The van der Waals surface area contributed by atoms with Crippen molar-refractivity contribution < 1.29 is 9.84 Å². The zero-order chi connectivity index (χ0) is 9.84. The molecule has 0 aliphatic rings. The predicted octanol–water partition coefficient (Wildman–Crippen LogP) is 1.35. The van der Waals surface area contributed by atoms with Gasteiger partial charge in [0.25, 0.3) is 0 Å². The van der Waals surface area contributed by atoms with E-state index in [2.05, 4.69) is 0 Å². The van der Waals surface area contributed by atoms with E-state index in [0.29, 0.717) is 6.61 Å². The van der Waals surface area contributed by atoms with E-state index in [-0.39, 0.29) is 11.8 Å². The van der Waals surface area contributed by atoms with Crippen LogP contribution in [0.15, 0.2) is 18.2 Å². The maximum absolute atomic E-state index is 9.42. The highest BCUT2D eigenvalue weighted by Gasteiger charge is 2.06. The second-order valence-corrected chi connectivity index (χ2v) is 3.11. The van der Waals surface area contributed by atoms with Crippen LogP contribution >= 0.6 is 0 Å². The SMILES string of the molecule is COCC(N)c1ccc(C)c(O)c1. The number of hydrogen-bond donors (Lipinski definition) is 2. The Bertz CT molecular complexity index is 286. The zero-order valence-electron chi connectivity index (χ0n) is 7.95. The molecule has 1 atom stereocenters. The standard InChI is InChI=1S/C10H15NO2/c1-7-3-4-8(5-10(7)12)9(11)6-13-2/h3-5,9,12H,6,11H2,1-2H3. The Morgan fingerprint density at radius 1 is 1.54 bits per heavy atom. The van der Waals surface area contributed by atoms with Gasteiger partial charge in [0.2, 0.25) is 0 Å². The van der Waals surface area contributed by atoms with Crippen LogP contribution in [0.3, 0.4) is 0 Å². The van der Waals surface area contributed by atoms with Gasteiger partial charge in [-0.2, -0.15) is 0 Å². The number of methoxy groups -OCH3 is 1. The lowest BCUT2D eigenvalue weighted by Crippen LogP contribution is -2.15. The van der Waals surface area contributed by atoms with Crippen LogP contribution in [0.5, 0.6) is 5.75 Å². The summed E-state index contributed by atoms with van der Waals surface area (Å²) in [4.78, 5) is 0. The van der Waals surface area contributed by atoms with Crippen LogP contribution in [-0.4, -0.2) is 18.8 Å². The molecule has 0 fully saturated rings. The van der Waals surface area contributed by atoms with Gasteiger partial charge in [-0.15, -0.1) is 0 Å². The van der Waals surface area contributed by atoms with Crippen molar-refractivity contribution in [3.05, 3.63) is 29.3 Å². The molecule has 0 spiro atoms. The van der Waals surface area contributed by atoms with Crippen molar-refractivity contribution in [2.24, 2.45) is 5.73 Å². The smallest absolute Gasteiger partial charge is 0.118 e. The molecule has 0 aliphatic carbocycles. The molecule has 0 saturated heterocycles. The van der Waals surface area contributed by atoms with Crippen molar-refractivity contribution in [1.29, 1.82) is 0 Å². The maximum Gasteiger partial charge on any atom is 0.118 e. The minimum absolute atomic E-state index is 0.170. The van der Waals surface area contributed by atoms with E-state index < -0.39 is 0 Å². The van der Waals surface area contributed by atoms with Crippen molar-refractivity contribution in [2.75, 3.05) is 13.7 Å². The van der Waals surface area contributed by atoms with E-state index in [1.54, 1.807) is 13.2 Å². The van der Waals surface area contributed by atoms with E-state index in [1.165, 1.54) is 0 Å². The molecular weight excluding hydrogens is 166 g/mol. The van der Waals surface area contributed by atoms with Gasteiger partial charge in [-0.25, -0.2) is 0 Å². The number of aromatic hydroxyl groups is 1. The fourth-order valence-corrected chi connectivity index (χ4v) is 1.13. The Kier molecular flexibility index (Phi) is 3.28. The molecule has 3 heteroatoms. The summed E-state index contributed by atoms with van der Waals surface area (Å²) >= 11 is 0. The van der Waals surface area contributed by atoms with E-state index >= 15 is 0 Å². The quantitative estimate of drug-likeness (QED) is 0.740. The fraction of sp³-hybridized carbons (Fsp3) is 0.400. The molecule has 0 saturated carbocycles. The van der Waals surface area contributed by atoms with E-state index in [1.807, 2.05) is 19.1 Å². The van der Waals surface area contributed by atoms with Gasteiger partial charge in [-0.05, 0) is 24.1 Å². The first kappa shape index (κ1) is 10.0. The lowest BCUT2D eigenvalue weighted by Gasteiger charge is -2.11. The number of benzene rings is 1. The van der Waals surface area contributed by atoms with E-state index in [9.17, 15) is 5.11 Å². The summed E-state index contributed by atoms with van der Waals surface area (Å²) in [6.07, 6.45) is 0. The van der Waals surface area contributed by atoms with Crippen LogP contribution < -0.4 is 5.73 Å². The molecule has 13 heavy (non-hydrogen) atoms. The molecule has 1 aromatic rings. The number of nitrogens with two attached hydrogens (primary N) is 1. The molecule has 1 aromatic carbocycles. The monoisotopic (exact) mass is 181 g/mol. The number of phenolic OH excluding ortho intramolecular Hbond substituents is 1. The van der Waals surface area contributed by atoms with Crippen molar-refractivity contribution in [3.63, 3.8) is 0 Å². The van der Waals surface area contributed by atoms with E-state index in [4.69, 9.17) is 10.5 Å². The predicted molar refractivity (Wildman–Crippen MR) is 51.6 cm³/mol. The minimum atomic E-state index is -0.170. The molecule has 1 rings (SSSR count). The lowest BCUT2D eigenvalue weighted by atomic mass is 10.1. The Balaban J connectivity index is 2.84. The third-order valence-electron chi connectivity index (χ3n) is 2.01. The first-order valence-electron chi connectivity index (χ1n) is 4.19. The summed E-state index contributed by atoms with van der Waals surface area (Å²) < 4.78 is 4.92. The van der Waals surface area contributed by atoms with Gasteiger partial charge >= 0.3 is 0 Å². The van der Waals surface area contributed by atoms with Crippen LogP contribution in [-0.2, 0) is 4.74 Å². The van der Waals surface area contributed by atoms with Gasteiger partial charge < -0.3 is 15.6 Å². The molecule has 1 unspecified atom stereocenters. The Morgan fingerprint density at radius 3 is 2.77 bits per heavy atom. The second-order valence-electron chi connectivity index (χ2n) is 3.11. The third kappa shape index (κ3) is 2.44. The summed E-state index contributed by atoms with van der Waals surface area (Å²) in [5.74, 6) is 0.282. The molecule has 0 radical (unpaired) electrons. The minimum Gasteiger partial charge on any atom is -0.508 e. The van der Waals surface area contributed by atoms with Gasteiger partial charge in [0.1, 0.15) is 5.75 Å². The molecule has 0 aliphatic heterocycles. The van der Waals surface area contributed by atoms with Gasteiger partial charge in [0.15, 0.2) is 0 Å². The third-order valence-corrected chi connectivity index (χ3v) is 2.01. The number of rotatable bonds is 3. The van der Waals surface area contributed by atoms with Gasteiger partial charge in [0.05, 0.1) is 12.6 Å². The zero-order valence-corrected chi connectivity index (χ0v) is 7.95. The number of phenols is 1. The Morgan fingerprint density at radius 2 is 2.23 bits per heavy atom. The van der Waals surface area contributed by atoms with Crippen LogP contribution in [0, 0.1) is 6.92 Å². The van der Waals surface area contributed by atoms with Gasteiger partial charge in [-0.1, -0.05) is 12.1 Å². The molecule has 0 amide bonds. The van der Waals surface area contributed by atoms with Crippen LogP contribution in [0.25, 0.3) is 0 Å². The number of hydrogen-bond acceptors (Lipinski definition) is 3. The van der Waals surface area contributed by atoms with Gasteiger partial charge in [-0.3, -0.25) is 0 Å². The van der Waals surface area contributed by atoms with Crippen molar-refractivity contribution in [2.45, 2.75) is 13.0 Å².